The number of aromatic nitrogens is 4. The summed E-state index contributed by atoms with van der Waals surface area (Å²) in [5, 5.41) is 12.6. The maximum atomic E-state index is 12.3. The second-order valence-corrected chi connectivity index (χ2v) is 6.44. The number of amides is 1. The summed E-state index contributed by atoms with van der Waals surface area (Å²) in [5.74, 6) is -0.233. The van der Waals surface area contributed by atoms with Crippen LogP contribution in [-0.4, -0.2) is 57.7 Å². The molecule has 10 heteroatoms. The molecule has 0 N–H and O–H groups in total. The van der Waals surface area contributed by atoms with Crippen molar-refractivity contribution in [1.29, 1.82) is 0 Å². The lowest BCUT2D eigenvalue weighted by atomic mass is 10.2. The Hall–Kier alpha value is -3.27. The Balaban J connectivity index is 1.59. The van der Waals surface area contributed by atoms with Gasteiger partial charge >= 0.3 is 5.97 Å². The number of carbonyl (C=O) groups is 2. The second kappa shape index (κ2) is 8.41. The molecule has 0 bridgehead atoms. The fourth-order valence-electron chi connectivity index (χ4n) is 2.39. The minimum atomic E-state index is -0.602. The number of carbonyl (C=O) groups excluding carboxylic acids is 2. The van der Waals surface area contributed by atoms with Gasteiger partial charge in [0, 0.05) is 19.2 Å². The molecule has 0 fully saturated rings. The van der Waals surface area contributed by atoms with Crippen molar-refractivity contribution >= 4 is 23.2 Å². The predicted octanol–water partition coefficient (Wildman–Crippen LogP) is 1.55. The molecule has 1 aromatic carbocycles. The van der Waals surface area contributed by atoms with Gasteiger partial charge in [0.25, 0.3) is 5.91 Å². The first kappa shape index (κ1) is 18.5. The molecule has 0 unspecified atom stereocenters. The Bertz CT molecular complexity index is 925. The quantitative estimate of drug-likeness (QED) is 0.567. The van der Waals surface area contributed by atoms with Gasteiger partial charge in [-0.25, -0.2) is 4.79 Å². The van der Waals surface area contributed by atoms with Crippen LogP contribution in [0.15, 0.2) is 42.0 Å². The van der Waals surface area contributed by atoms with Gasteiger partial charge in [-0.3, -0.25) is 4.79 Å². The molecule has 0 radical (unpaired) electrons. The smallest absolute Gasteiger partial charge is 0.351 e. The first-order chi connectivity index (χ1) is 13.1. The number of methoxy groups -OCH3 is 1. The summed E-state index contributed by atoms with van der Waals surface area (Å²) < 4.78 is 11.8. The molecule has 2 aromatic heterocycles. The van der Waals surface area contributed by atoms with Gasteiger partial charge in [-0.15, -0.1) is 16.4 Å². The third-order valence-corrected chi connectivity index (χ3v) is 4.66. The van der Waals surface area contributed by atoms with Crippen molar-refractivity contribution in [1.82, 2.24) is 25.1 Å². The molecule has 9 nitrogen and oxygen atoms in total. The molecule has 0 aliphatic heterocycles. The van der Waals surface area contributed by atoms with Gasteiger partial charge in [0.1, 0.15) is 17.0 Å². The molecule has 1 amide bonds. The number of ether oxygens (including phenoxy) is 2. The van der Waals surface area contributed by atoms with Crippen LogP contribution in [0.1, 0.15) is 15.2 Å². The molecule has 3 aromatic rings. The third-order valence-electron chi connectivity index (χ3n) is 3.78. The maximum Gasteiger partial charge on any atom is 0.351 e. The monoisotopic (exact) mass is 387 g/mol. The van der Waals surface area contributed by atoms with Crippen LogP contribution in [0.25, 0.3) is 5.69 Å². The van der Waals surface area contributed by atoms with E-state index in [4.69, 9.17) is 9.47 Å². The lowest BCUT2D eigenvalue weighted by molar-refractivity contribution is -0.133. The lowest BCUT2D eigenvalue weighted by Crippen LogP contribution is -2.31. The Morgan fingerprint density at radius 1 is 1.26 bits per heavy atom. The number of esters is 1. The molecule has 0 aliphatic carbocycles. The van der Waals surface area contributed by atoms with Crippen molar-refractivity contribution in [2.45, 2.75) is 6.54 Å². The average Bonchev–Trinajstić information content (AvgIpc) is 3.37. The topological polar surface area (TPSA) is 99.4 Å². The summed E-state index contributed by atoms with van der Waals surface area (Å²) in [6.45, 7) is -0.0211. The molecule has 0 spiro atoms. The molecular weight excluding hydrogens is 370 g/mol. The Kier molecular flexibility index (Phi) is 5.77. The first-order valence-corrected chi connectivity index (χ1v) is 8.82. The number of thiophene rings is 1. The van der Waals surface area contributed by atoms with Crippen molar-refractivity contribution in [3.8, 4) is 11.4 Å². The summed E-state index contributed by atoms with van der Waals surface area (Å²) in [5.41, 5.74) is 1.37. The Morgan fingerprint density at radius 3 is 2.81 bits per heavy atom. The van der Waals surface area contributed by atoms with Crippen molar-refractivity contribution in [3.63, 3.8) is 0 Å². The van der Waals surface area contributed by atoms with Gasteiger partial charge in [0.05, 0.1) is 12.8 Å². The highest BCUT2D eigenvalue weighted by Crippen LogP contribution is 2.21. The van der Waals surface area contributed by atoms with E-state index >= 15 is 0 Å². The summed E-state index contributed by atoms with van der Waals surface area (Å²) in [4.78, 5) is 26.4. The number of likely N-dealkylation sites (N-methyl/N-ethyl adjacent to an activating group) is 1. The van der Waals surface area contributed by atoms with Gasteiger partial charge in [0.2, 0.25) is 0 Å². The third kappa shape index (κ3) is 4.29. The molecule has 2 heterocycles. The number of tetrazole rings is 1. The van der Waals surface area contributed by atoms with E-state index in [1.807, 2.05) is 24.3 Å². The van der Waals surface area contributed by atoms with E-state index in [0.29, 0.717) is 22.9 Å². The van der Waals surface area contributed by atoms with E-state index in [2.05, 4.69) is 15.5 Å². The SMILES string of the molecule is COc1ccccc1CN(C)C(=O)COC(=O)c1sccc1-n1cnnn1. The number of nitrogens with zero attached hydrogens (tertiary/aromatic N) is 5. The van der Waals surface area contributed by atoms with E-state index in [0.717, 1.165) is 5.56 Å². The Morgan fingerprint density at radius 2 is 2.07 bits per heavy atom. The zero-order chi connectivity index (χ0) is 19.2. The normalized spacial score (nSPS) is 10.4. The van der Waals surface area contributed by atoms with E-state index in [-0.39, 0.29) is 12.5 Å². The van der Waals surface area contributed by atoms with E-state index in [1.54, 1.807) is 25.6 Å². The second-order valence-electron chi connectivity index (χ2n) is 5.53. The minimum absolute atomic E-state index is 0.322. The van der Waals surface area contributed by atoms with Crippen molar-refractivity contribution in [3.05, 3.63) is 52.5 Å². The van der Waals surface area contributed by atoms with Gasteiger partial charge in [-0.1, -0.05) is 18.2 Å². The van der Waals surface area contributed by atoms with Crippen LogP contribution in [0.5, 0.6) is 5.75 Å². The zero-order valence-corrected chi connectivity index (χ0v) is 15.5. The van der Waals surface area contributed by atoms with Gasteiger partial charge in [-0.05, 0) is 27.9 Å². The highest BCUT2D eigenvalue weighted by Gasteiger charge is 2.19. The van der Waals surface area contributed by atoms with Gasteiger partial charge in [-0.2, -0.15) is 4.68 Å². The molecule has 140 valence electrons. The van der Waals surface area contributed by atoms with Crippen LogP contribution in [0.4, 0.5) is 0 Å². The van der Waals surface area contributed by atoms with Crippen LogP contribution >= 0.6 is 11.3 Å². The summed E-state index contributed by atoms with van der Waals surface area (Å²) >= 11 is 1.19. The maximum absolute atomic E-state index is 12.3. The number of rotatable bonds is 7. The standard InChI is InChI=1S/C17H17N5O4S/c1-21(9-12-5-3-4-6-14(12)25-2)15(23)10-26-17(24)16-13(7-8-27-16)22-11-18-19-20-22/h3-8,11H,9-10H2,1-2H3. The molecule has 3 rings (SSSR count). The number of para-hydroxylation sites is 1. The van der Waals surface area contributed by atoms with Crippen LogP contribution in [0, 0.1) is 0 Å². The molecule has 0 saturated carbocycles. The molecule has 27 heavy (non-hydrogen) atoms. The minimum Gasteiger partial charge on any atom is -0.496 e. The van der Waals surface area contributed by atoms with Crippen molar-refractivity contribution < 1.29 is 19.1 Å². The Labute approximate surface area is 159 Å². The predicted molar refractivity (Wildman–Crippen MR) is 96.8 cm³/mol. The fraction of sp³-hybridized carbons (Fsp3) is 0.235. The van der Waals surface area contributed by atoms with Gasteiger partial charge in [0.15, 0.2) is 6.61 Å². The van der Waals surface area contributed by atoms with Crippen LogP contribution in [0.2, 0.25) is 0 Å². The van der Waals surface area contributed by atoms with E-state index < -0.39 is 5.97 Å². The van der Waals surface area contributed by atoms with Crippen LogP contribution < -0.4 is 4.74 Å². The number of hydrogen-bond acceptors (Lipinski definition) is 8. The zero-order valence-electron chi connectivity index (χ0n) is 14.7. The van der Waals surface area contributed by atoms with Crippen molar-refractivity contribution in [2.75, 3.05) is 20.8 Å². The van der Waals surface area contributed by atoms with E-state index in [1.165, 1.54) is 27.2 Å². The summed E-state index contributed by atoms with van der Waals surface area (Å²) in [6.07, 6.45) is 1.38. The van der Waals surface area contributed by atoms with Crippen molar-refractivity contribution in [2.24, 2.45) is 0 Å². The van der Waals surface area contributed by atoms with Crippen LogP contribution in [0.3, 0.4) is 0 Å². The van der Waals surface area contributed by atoms with Gasteiger partial charge < -0.3 is 14.4 Å². The first-order valence-electron chi connectivity index (χ1n) is 7.94. The highest BCUT2D eigenvalue weighted by molar-refractivity contribution is 7.12. The van der Waals surface area contributed by atoms with E-state index in [9.17, 15) is 9.59 Å². The number of hydrogen-bond donors (Lipinski definition) is 0. The highest BCUT2D eigenvalue weighted by atomic mass is 32.1. The fourth-order valence-corrected chi connectivity index (χ4v) is 3.16. The largest absolute Gasteiger partial charge is 0.496 e. The molecule has 0 atom stereocenters. The van der Waals surface area contributed by atoms with Crippen LogP contribution in [-0.2, 0) is 16.1 Å². The number of benzene rings is 1. The molecule has 0 saturated heterocycles. The lowest BCUT2D eigenvalue weighted by Gasteiger charge is -2.18. The summed E-state index contributed by atoms with van der Waals surface area (Å²) in [6, 6.07) is 9.12. The average molecular weight is 387 g/mol. The summed E-state index contributed by atoms with van der Waals surface area (Å²) in [7, 11) is 3.21. The molecule has 0 aliphatic rings. The molecular formula is C17H17N5O4S.